The number of hydrogen-bond acceptors (Lipinski definition) is 1. The van der Waals surface area contributed by atoms with Crippen molar-refractivity contribution in [3.05, 3.63) is 0 Å². The molecule has 2 unspecified atom stereocenters. The average Bonchev–Trinajstić information content (AvgIpc) is 2.86. The monoisotopic (exact) mass is 151 g/mol. The minimum Gasteiger partial charge on any atom is -0.300 e. The third kappa shape index (κ3) is 0.868. The molecule has 2 aliphatic heterocycles. The summed E-state index contributed by atoms with van der Waals surface area (Å²) in [6.07, 6.45) is 7.66. The van der Waals surface area contributed by atoms with Crippen LogP contribution in [0.25, 0.3) is 0 Å². The summed E-state index contributed by atoms with van der Waals surface area (Å²) >= 11 is 0. The number of rotatable bonds is 1. The average molecular weight is 151 g/mol. The molecule has 2 aliphatic carbocycles. The smallest absolute Gasteiger partial charge is 0.0113 e. The normalized spacial score (nSPS) is 50.5. The van der Waals surface area contributed by atoms with Crippen LogP contribution in [0.2, 0.25) is 0 Å². The molecule has 0 N–H and O–H groups in total. The zero-order chi connectivity index (χ0) is 7.42. The molecule has 2 bridgehead atoms. The predicted molar refractivity (Wildman–Crippen MR) is 45.4 cm³/mol. The van der Waals surface area contributed by atoms with E-state index in [1.807, 2.05) is 0 Å². The van der Waals surface area contributed by atoms with Gasteiger partial charge in [-0.1, -0.05) is 0 Å². The first kappa shape index (κ1) is 6.47. The molecule has 1 nitrogen and oxygen atoms in total. The molecule has 2 saturated carbocycles. The maximum atomic E-state index is 2.60. The molecule has 2 heterocycles. The van der Waals surface area contributed by atoms with E-state index in [1.54, 1.807) is 12.8 Å². The Kier molecular flexibility index (Phi) is 1.18. The summed E-state index contributed by atoms with van der Waals surface area (Å²) in [6.45, 7) is 0. The quantitative estimate of drug-likeness (QED) is 0.553. The first-order valence-electron chi connectivity index (χ1n) is 5.06. The van der Waals surface area contributed by atoms with Crippen LogP contribution in [0.1, 0.15) is 32.1 Å². The zero-order valence-corrected chi connectivity index (χ0v) is 7.29. The van der Waals surface area contributed by atoms with E-state index in [2.05, 4.69) is 11.9 Å². The van der Waals surface area contributed by atoms with Gasteiger partial charge in [-0.2, -0.15) is 0 Å². The van der Waals surface area contributed by atoms with Gasteiger partial charge in [-0.3, -0.25) is 0 Å². The van der Waals surface area contributed by atoms with Gasteiger partial charge < -0.3 is 4.90 Å². The summed E-state index contributed by atoms with van der Waals surface area (Å²) in [7, 11) is 2.31. The van der Waals surface area contributed by atoms with Gasteiger partial charge in [0.05, 0.1) is 0 Å². The highest BCUT2D eigenvalue weighted by Gasteiger charge is 2.46. The van der Waals surface area contributed by atoms with Gasteiger partial charge in [0.1, 0.15) is 0 Å². The molecule has 0 aromatic heterocycles. The van der Waals surface area contributed by atoms with E-state index in [1.165, 1.54) is 19.3 Å². The lowest BCUT2D eigenvalue weighted by molar-refractivity contribution is -0.0351. The molecule has 0 aromatic rings. The zero-order valence-electron chi connectivity index (χ0n) is 7.29. The highest BCUT2D eigenvalue weighted by molar-refractivity contribution is 5.01. The van der Waals surface area contributed by atoms with E-state index < -0.39 is 0 Å². The van der Waals surface area contributed by atoms with Gasteiger partial charge in [-0.15, -0.1) is 0 Å². The third-order valence-corrected chi connectivity index (χ3v) is 4.13. The summed E-state index contributed by atoms with van der Waals surface area (Å²) in [5.41, 5.74) is 0. The van der Waals surface area contributed by atoms with Gasteiger partial charge >= 0.3 is 0 Å². The first-order valence-corrected chi connectivity index (χ1v) is 5.06. The Labute approximate surface area is 68.8 Å². The van der Waals surface area contributed by atoms with E-state index in [0.29, 0.717) is 0 Å². The van der Waals surface area contributed by atoms with E-state index in [9.17, 15) is 0 Å². The molecule has 4 aliphatic rings. The molecule has 0 amide bonds. The van der Waals surface area contributed by atoms with Crippen molar-refractivity contribution >= 4 is 0 Å². The number of hydrogen-bond donors (Lipinski definition) is 0. The molecular formula is C10H17N. The van der Waals surface area contributed by atoms with Crippen LogP contribution >= 0.6 is 0 Å². The third-order valence-electron chi connectivity index (χ3n) is 4.13. The lowest BCUT2D eigenvalue weighted by Crippen LogP contribution is -2.58. The molecule has 2 saturated heterocycles. The molecule has 4 rings (SSSR count). The molecule has 1 heteroatoms. The van der Waals surface area contributed by atoms with Gasteiger partial charge in [0.2, 0.25) is 0 Å². The van der Waals surface area contributed by atoms with Gasteiger partial charge in [-0.25, -0.2) is 0 Å². The fraction of sp³-hybridized carbons (Fsp3) is 1.00. The van der Waals surface area contributed by atoms with Crippen molar-refractivity contribution in [3.63, 3.8) is 0 Å². The second-order valence-corrected chi connectivity index (χ2v) is 4.78. The fourth-order valence-electron chi connectivity index (χ4n) is 3.08. The van der Waals surface area contributed by atoms with Gasteiger partial charge in [0.25, 0.3) is 0 Å². The van der Waals surface area contributed by atoms with E-state index in [4.69, 9.17) is 0 Å². The maximum Gasteiger partial charge on any atom is 0.0113 e. The van der Waals surface area contributed by atoms with Crippen LogP contribution in [0.15, 0.2) is 0 Å². The molecule has 0 spiro atoms. The maximum absolute atomic E-state index is 2.60. The van der Waals surface area contributed by atoms with E-state index >= 15 is 0 Å². The SMILES string of the molecule is CN1C2CC(C3CC3)CC1C2. The summed E-state index contributed by atoms with van der Waals surface area (Å²) in [5, 5.41) is 0. The molecule has 62 valence electrons. The van der Waals surface area contributed by atoms with E-state index in [0.717, 1.165) is 23.9 Å². The standard InChI is InChI=1S/C10H17N/c1-11-9-4-8(7-2-3-7)5-10(11)6-9/h7-10H,2-6H2,1H3. The molecular weight excluding hydrogens is 134 g/mol. The number of fused-ring (bicyclic) bond motifs is 2. The minimum atomic E-state index is 0.986. The molecule has 11 heavy (non-hydrogen) atoms. The topological polar surface area (TPSA) is 3.24 Å². The molecule has 2 atom stereocenters. The Hall–Kier alpha value is -0.0400. The highest BCUT2D eigenvalue weighted by atomic mass is 15.2. The first-order chi connectivity index (χ1) is 5.34. The van der Waals surface area contributed by atoms with Crippen LogP contribution < -0.4 is 0 Å². The van der Waals surface area contributed by atoms with Crippen molar-refractivity contribution in [1.29, 1.82) is 0 Å². The fourth-order valence-corrected chi connectivity index (χ4v) is 3.08. The molecule has 0 radical (unpaired) electrons. The Morgan fingerprint density at radius 3 is 2.00 bits per heavy atom. The van der Waals surface area contributed by atoms with Crippen molar-refractivity contribution in [1.82, 2.24) is 4.90 Å². The second kappa shape index (κ2) is 2.01. The summed E-state index contributed by atoms with van der Waals surface area (Å²) < 4.78 is 0. The van der Waals surface area contributed by atoms with E-state index in [-0.39, 0.29) is 0 Å². The van der Waals surface area contributed by atoms with Crippen molar-refractivity contribution in [2.45, 2.75) is 44.2 Å². The Bertz CT molecular complexity index is 162. The van der Waals surface area contributed by atoms with Crippen LogP contribution in [0.5, 0.6) is 0 Å². The van der Waals surface area contributed by atoms with Crippen LogP contribution in [0.4, 0.5) is 0 Å². The Balaban J connectivity index is 1.67. The van der Waals surface area contributed by atoms with Crippen molar-refractivity contribution in [2.24, 2.45) is 11.8 Å². The number of nitrogens with zero attached hydrogens (tertiary/aromatic N) is 1. The summed E-state index contributed by atoms with van der Waals surface area (Å²) in [6, 6.07) is 1.97. The number of piperidine rings is 1. The van der Waals surface area contributed by atoms with Gasteiger partial charge in [0.15, 0.2) is 0 Å². The Morgan fingerprint density at radius 2 is 1.55 bits per heavy atom. The molecule has 4 fully saturated rings. The lowest BCUT2D eigenvalue weighted by Gasteiger charge is -2.54. The highest BCUT2D eigenvalue weighted by Crippen LogP contribution is 2.49. The van der Waals surface area contributed by atoms with Crippen molar-refractivity contribution in [3.8, 4) is 0 Å². The summed E-state index contributed by atoms with van der Waals surface area (Å²) in [5.74, 6) is 2.30. The van der Waals surface area contributed by atoms with Crippen molar-refractivity contribution < 1.29 is 0 Å². The van der Waals surface area contributed by atoms with Gasteiger partial charge in [0, 0.05) is 12.1 Å². The predicted octanol–water partition coefficient (Wildman–Crippen LogP) is 1.88. The van der Waals surface area contributed by atoms with Crippen molar-refractivity contribution in [2.75, 3.05) is 7.05 Å². The van der Waals surface area contributed by atoms with Crippen LogP contribution in [-0.2, 0) is 0 Å². The lowest BCUT2D eigenvalue weighted by atomic mass is 9.72. The minimum absolute atomic E-state index is 0.986. The van der Waals surface area contributed by atoms with Crippen LogP contribution in [0, 0.1) is 11.8 Å². The largest absolute Gasteiger partial charge is 0.300 e. The van der Waals surface area contributed by atoms with Crippen LogP contribution in [0.3, 0.4) is 0 Å². The molecule has 0 aromatic carbocycles. The van der Waals surface area contributed by atoms with Crippen LogP contribution in [-0.4, -0.2) is 24.0 Å². The second-order valence-electron chi connectivity index (χ2n) is 4.78. The Morgan fingerprint density at radius 1 is 0.909 bits per heavy atom. The van der Waals surface area contributed by atoms with Gasteiger partial charge in [-0.05, 0) is 51.0 Å². The summed E-state index contributed by atoms with van der Waals surface area (Å²) in [4.78, 5) is 2.60.